The summed E-state index contributed by atoms with van der Waals surface area (Å²) < 4.78 is 55.4. The highest BCUT2D eigenvalue weighted by atomic mass is 19.2. The molecule has 1 amide bonds. The number of amides is 1. The highest BCUT2D eigenvalue weighted by molar-refractivity contribution is 5.94. The van der Waals surface area contributed by atoms with Crippen molar-refractivity contribution in [2.75, 3.05) is 19.5 Å². The van der Waals surface area contributed by atoms with Gasteiger partial charge in [-0.1, -0.05) is 0 Å². The van der Waals surface area contributed by atoms with E-state index in [2.05, 4.69) is 5.32 Å². The van der Waals surface area contributed by atoms with Crippen LogP contribution in [0.3, 0.4) is 0 Å². The largest absolute Gasteiger partial charge is 0.496 e. The molecule has 0 aliphatic rings. The van der Waals surface area contributed by atoms with Crippen molar-refractivity contribution >= 4 is 11.6 Å². The Morgan fingerprint density at radius 3 is 2.08 bits per heavy atom. The second kappa shape index (κ2) is 7.78. The molecule has 2 aromatic carbocycles. The average molecular weight is 355 g/mol. The summed E-state index contributed by atoms with van der Waals surface area (Å²) in [5, 5.41) is 2.15. The number of rotatable bonds is 6. The minimum atomic E-state index is -1.66. The standard InChI is InChI=1S/C17H16F3NO4/c1-9(25-12-7-10(23-2)6-11(8-12)24-3)17(22)21-14-5-4-13(18)15(19)16(14)20/h4-9H,1-3H3,(H,21,22)/t9-/m1/s1. The first-order valence-corrected chi connectivity index (χ1v) is 7.19. The third-order valence-corrected chi connectivity index (χ3v) is 3.30. The lowest BCUT2D eigenvalue weighted by molar-refractivity contribution is -0.122. The van der Waals surface area contributed by atoms with Crippen molar-refractivity contribution in [2.24, 2.45) is 0 Å². The molecule has 0 fully saturated rings. The predicted molar refractivity (Wildman–Crippen MR) is 84.6 cm³/mol. The van der Waals surface area contributed by atoms with Crippen LogP contribution in [0, 0.1) is 17.5 Å². The zero-order chi connectivity index (χ0) is 18.6. The molecule has 1 atom stereocenters. The maximum atomic E-state index is 13.6. The van der Waals surface area contributed by atoms with E-state index in [4.69, 9.17) is 14.2 Å². The van der Waals surface area contributed by atoms with E-state index in [1.165, 1.54) is 33.3 Å². The highest BCUT2D eigenvalue weighted by Gasteiger charge is 2.20. The van der Waals surface area contributed by atoms with Crippen LogP contribution in [0.5, 0.6) is 17.2 Å². The van der Waals surface area contributed by atoms with Gasteiger partial charge >= 0.3 is 0 Å². The van der Waals surface area contributed by atoms with Gasteiger partial charge < -0.3 is 19.5 Å². The van der Waals surface area contributed by atoms with Gasteiger partial charge in [0.1, 0.15) is 17.2 Å². The molecule has 134 valence electrons. The summed E-state index contributed by atoms with van der Waals surface area (Å²) in [4.78, 5) is 12.1. The quantitative estimate of drug-likeness (QED) is 0.806. The summed E-state index contributed by atoms with van der Waals surface area (Å²) in [6.45, 7) is 1.42. The average Bonchev–Trinajstić information content (AvgIpc) is 2.61. The fraction of sp³-hybridized carbons (Fsp3) is 0.235. The molecule has 0 radical (unpaired) electrons. The van der Waals surface area contributed by atoms with E-state index in [9.17, 15) is 18.0 Å². The third kappa shape index (κ3) is 4.34. The number of carbonyl (C=O) groups excluding carboxylic acids is 1. The van der Waals surface area contributed by atoms with E-state index < -0.39 is 35.2 Å². The zero-order valence-corrected chi connectivity index (χ0v) is 13.7. The Bertz CT molecular complexity index is 760. The number of anilines is 1. The summed E-state index contributed by atoms with van der Waals surface area (Å²) in [7, 11) is 2.92. The van der Waals surface area contributed by atoms with Crippen LogP contribution in [-0.2, 0) is 4.79 Å². The third-order valence-electron chi connectivity index (χ3n) is 3.30. The van der Waals surface area contributed by atoms with Gasteiger partial charge in [-0.3, -0.25) is 4.79 Å². The van der Waals surface area contributed by atoms with Crippen molar-refractivity contribution in [1.29, 1.82) is 0 Å². The van der Waals surface area contributed by atoms with Gasteiger partial charge in [-0.05, 0) is 19.1 Å². The summed E-state index contributed by atoms with van der Waals surface area (Å²) in [6.07, 6.45) is -1.05. The van der Waals surface area contributed by atoms with Gasteiger partial charge in [-0.25, -0.2) is 13.2 Å². The fourth-order valence-electron chi connectivity index (χ4n) is 1.96. The Hall–Kier alpha value is -2.90. The molecular weight excluding hydrogens is 339 g/mol. The van der Waals surface area contributed by atoms with Crippen molar-refractivity contribution in [3.05, 3.63) is 47.8 Å². The van der Waals surface area contributed by atoms with Gasteiger partial charge in [0, 0.05) is 18.2 Å². The molecule has 5 nitrogen and oxygen atoms in total. The first-order valence-electron chi connectivity index (χ1n) is 7.19. The molecule has 8 heteroatoms. The SMILES string of the molecule is COc1cc(OC)cc(O[C@H](C)C(=O)Nc2ccc(F)c(F)c2F)c1. The number of halogens is 3. The zero-order valence-electron chi connectivity index (χ0n) is 13.7. The number of carbonyl (C=O) groups is 1. The maximum absolute atomic E-state index is 13.6. The van der Waals surface area contributed by atoms with Crippen molar-refractivity contribution in [2.45, 2.75) is 13.0 Å². The second-order valence-corrected chi connectivity index (χ2v) is 5.02. The highest BCUT2D eigenvalue weighted by Crippen LogP contribution is 2.28. The van der Waals surface area contributed by atoms with Crippen molar-refractivity contribution < 1.29 is 32.2 Å². The smallest absolute Gasteiger partial charge is 0.265 e. The normalized spacial score (nSPS) is 11.6. The predicted octanol–water partition coefficient (Wildman–Crippen LogP) is 3.53. The second-order valence-electron chi connectivity index (χ2n) is 5.02. The van der Waals surface area contributed by atoms with Crippen LogP contribution in [0.15, 0.2) is 30.3 Å². The Kier molecular flexibility index (Phi) is 5.74. The van der Waals surface area contributed by atoms with E-state index in [1.807, 2.05) is 0 Å². The lowest BCUT2D eigenvalue weighted by atomic mass is 10.2. The molecule has 0 aliphatic heterocycles. The lowest BCUT2D eigenvalue weighted by Crippen LogP contribution is -2.30. The first-order chi connectivity index (χ1) is 11.8. The molecule has 0 spiro atoms. The molecule has 0 saturated heterocycles. The minimum Gasteiger partial charge on any atom is -0.496 e. The number of methoxy groups -OCH3 is 2. The van der Waals surface area contributed by atoms with E-state index >= 15 is 0 Å². The summed E-state index contributed by atoms with van der Waals surface area (Å²) in [5.41, 5.74) is -0.484. The van der Waals surface area contributed by atoms with Gasteiger partial charge in [0.05, 0.1) is 19.9 Å². The van der Waals surface area contributed by atoms with Gasteiger partial charge in [0.15, 0.2) is 23.6 Å². The van der Waals surface area contributed by atoms with Crippen LogP contribution in [0.4, 0.5) is 18.9 Å². The number of nitrogens with one attached hydrogen (secondary N) is 1. The van der Waals surface area contributed by atoms with Crippen LogP contribution in [0.1, 0.15) is 6.92 Å². The molecule has 0 aliphatic carbocycles. The van der Waals surface area contributed by atoms with Crippen LogP contribution in [0.25, 0.3) is 0 Å². The summed E-state index contributed by atoms with van der Waals surface area (Å²) in [6, 6.07) is 6.32. The molecule has 0 heterocycles. The topological polar surface area (TPSA) is 56.8 Å². The molecule has 2 aromatic rings. The number of ether oxygens (including phenoxy) is 3. The van der Waals surface area contributed by atoms with Crippen LogP contribution in [-0.4, -0.2) is 26.2 Å². The Morgan fingerprint density at radius 1 is 0.960 bits per heavy atom. The van der Waals surface area contributed by atoms with Crippen LogP contribution < -0.4 is 19.5 Å². The number of benzene rings is 2. The van der Waals surface area contributed by atoms with Gasteiger partial charge in [-0.15, -0.1) is 0 Å². The molecule has 0 bridgehead atoms. The molecule has 0 aromatic heterocycles. The van der Waals surface area contributed by atoms with E-state index in [1.54, 1.807) is 6.07 Å². The lowest BCUT2D eigenvalue weighted by Gasteiger charge is -2.16. The van der Waals surface area contributed by atoms with E-state index in [-0.39, 0.29) is 5.75 Å². The summed E-state index contributed by atoms with van der Waals surface area (Å²) in [5.74, 6) is -4.05. The maximum Gasteiger partial charge on any atom is 0.265 e. The monoisotopic (exact) mass is 355 g/mol. The van der Waals surface area contributed by atoms with Crippen LogP contribution >= 0.6 is 0 Å². The van der Waals surface area contributed by atoms with Gasteiger partial charge in [0.2, 0.25) is 0 Å². The Morgan fingerprint density at radius 2 is 1.52 bits per heavy atom. The fourth-order valence-corrected chi connectivity index (χ4v) is 1.96. The van der Waals surface area contributed by atoms with E-state index in [0.29, 0.717) is 17.6 Å². The van der Waals surface area contributed by atoms with Crippen molar-refractivity contribution in [3.8, 4) is 17.2 Å². The van der Waals surface area contributed by atoms with E-state index in [0.717, 1.165) is 6.07 Å². The Labute approximate surface area is 142 Å². The molecule has 0 unspecified atom stereocenters. The Balaban J connectivity index is 2.12. The van der Waals surface area contributed by atoms with Crippen molar-refractivity contribution in [1.82, 2.24) is 0 Å². The molecule has 25 heavy (non-hydrogen) atoms. The van der Waals surface area contributed by atoms with Gasteiger partial charge in [0.25, 0.3) is 5.91 Å². The molecular formula is C17H16F3NO4. The van der Waals surface area contributed by atoms with Crippen LogP contribution in [0.2, 0.25) is 0 Å². The molecule has 0 saturated carbocycles. The van der Waals surface area contributed by atoms with Crippen molar-refractivity contribution in [3.63, 3.8) is 0 Å². The molecule has 1 N–H and O–H groups in total. The minimum absolute atomic E-state index is 0.282. The number of hydrogen-bond acceptors (Lipinski definition) is 4. The number of hydrogen-bond donors (Lipinski definition) is 1. The molecule has 2 rings (SSSR count). The summed E-state index contributed by atoms with van der Waals surface area (Å²) >= 11 is 0. The first kappa shape index (κ1) is 18.4. The van der Waals surface area contributed by atoms with Gasteiger partial charge in [-0.2, -0.15) is 0 Å².